The maximum absolute atomic E-state index is 13.1. The summed E-state index contributed by atoms with van der Waals surface area (Å²) in [7, 11) is 0. The van der Waals surface area contributed by atoms with Crippen LogP contribution >= 0.6 is 11.8 Å². The van der Waals surface area contributed by atoms with Crippen molar-refractivity contribution in [3.8, 4) is 11.4 Å². The van der Waals surface area contributed by atoms with Crippen LogP contribution in [0.4, 0.5) is 4.39 Å². The minimum Gasteiger partial charge on any atom is -0.369 e. The zero-order valence-corrected chi connectivity index (χ0v) is 10.0. The molecule has 0 aliphatic carbocycles. The average molecular weight is 267 g/mol. The summed E-state index contributed by atoms with van der Waals surface area (Å²) in [5.74, 6) is 5.28. The number of carbonyl (C=O) groups excluding carboxylic acids is 1. The van der Waals surface area contributed by atoms with Crippen LogP contribution in [0.1, 0.15) is 0 Å². The van der Waals surface area contributed by atoms with Crippen LogP contribution in [0, 0.1) is 5.82 Å². The Balaban J connectivity index is 2.28. The standard InChI is InChI=1S/C10H10FN5OS/c11-7-3-1-2-6(4-7)9-14-15-10(16(9)13)18-5-8(12)17/h1-4H,5,13H2,(H2,12,17). The van der Waals surface area contributed by atoms with Gasteiger partial charge in [0.05, 0.1) is 5.75 Å². The predicted octanol–water partition coefficient (Wildman–Crippen LogP) is 0.375. The molecule has 0 aliphatic rings. The van der Waals surface area contributed by atoms with Crippen LogP contribution in [0.2, 0.25) is 0 Å². The Morgan fingerprint density at radius 2 is 2.22 bits per heavy atom. The van der Waals surface area contributed by atoms with Crippen LogP contribution < -0.4 is 11.6 Å². The second kappa shape index (κ2) is 5.05. The summed E-state index contributed by atoms with van der Waals surface area (Å²) in [5.41, 5.74) is 5.53. The first-order valence-electron chi connectivity index (χ1n) is 4.95. The average Bonchev–Trinajstić information content (AvgIpc) is 2.68. The number of nitrogen functional groups attached to an aromatic ring is 1. The van der Waals surface area contributed by atoms with E-state index in [4.69, 9.17) is 11.6 Å². The Morgan fingerprint density at radius 3 is 2.89 bits per heavy atom. The molecule has 1 amide bonds. The molecule has 0 bridgehead atoms. The van der Waals surface area contributed by atoms with Crippen LogP contribution in [0.5, 0.6) is 0 Å². The fourth-order valence-electron chi connectivity index (χ4n) is 1.34. The lowest BCUT2D eigenvalue weighted by atomic mass is 10.2. The summed E-state index contributed by atoms with van der Waals surface area (Å²) in [5, 5.41) is 8.01. The van der Waals surface area contributed by atoms with E-state index in [0.29, 0.717) is 16.5 Å². The third-order valence-electron chi connectivity index (χ3n) is 2.09. The van der Waals surface area contributed by atoms with Crippen molar-refractivity contribution in [1.82, 2.24) is 14.9 Å². The quantitative estimate of drug-likeness (QED) is 0.616. The van der Waals surface area contributed by atoms with Gasteiger partial charge in [0.25, 0.3) is 0 Å². The number of halogens is 1. The van der Waals surface area contributed by atoms with Gasteiger partial charge in [0.2, 0.25) is 11.1 Å². The molecule has 94 valence electrons. The van der Waals surface area contributed by atoms with Crippen LogP contribution in [-0.2, 0) is 4.79 Å². The third kappa shape index (κ3) is 2.59. The van der Waals surface area contributed by atoms with Gasteiger partial charge >= 0.3 is 0 Å². The minimum atomic E-state index is -0.477. The SMILES string of the molecule is NC(=O)CSc1nnc(-c2cccc(F)c2)n1N. The first kappa shape index (κ1) is 12.4. The molecule has 1 aromatic carbocycles. The molecule has 18 heavy (non-hydrogen) atoms. The molecule has 6 nitrogen and oxygen atoms in total. The van der Waals surface area contributed by atoms with Gasteiger partial charge in [0.15, 0.2) is 5.82 Å². The normalized spacial score (nSPS) is 10.5. The van der Waals surface area contributed by atoms with Crippen molar-refractivity contribution in [2.45, 2.75) is 5.16 Å². The molecule has 0 radical (unpaired) electrons. The van der Waals surface area contributed by atoms with Crippen LogP contribution in [0.3, 0.4) is 0 Å². The van der Waals surface area contributed by atoms with Crippen molar-refractivity contribution in [3.05, 3.63) is 30.1 Å². The second-order valence-corrected chi connectivity index (χ2v) is 4.38. The maximum atomic E-state index is 13.1. The minimum absolute atomic E-state index is 0.0541. The molecule has 2 rings (SSSR count). The number of thioether (sulfide) groups is 1. The summed E-state index contributed by atoms with van der Waals surface area (Å²) >= 11 is 1.07. The van der Waals surface area contributed by atoms with E-state index in [9.17, 15) is 9.18 Å². The van der Waals surface area contributed by atoms with Crippen molar-refractivity contribution in [2.24, 2.45) is 5.73 Å². The molecule has 0 fully saturated rings. The number of carbonyl (C=O) groups is 1. The van der Waals surface area contributed by atoms with Gasteiger partial charge in [-0.3, -0.25) is 4.79 Å². The fraction of sp³-hybridized carbons (Fsp3) is 0.100. The van der Waals surface area contributed by atoms with E-state index < -0.39 is 5.91 Å². The van der Waals surface area contributed by atoms with Crippen molar-refractivity contribution in [3.63, 3.8) is 0 Å². The topological polar surface area (TPSA) is 99.8 Å². The molecule has 0 atom stereocenters. The predicted molar refractivity (Wildman–Crippen MR) is 65.5 cm³/mol. The zero-order chi connectivity index (χ0) is 13.1. The van der Waals surface area contributed by atoms with Gasteiger partial charge in [-0.15, -0.1) is 10.2 Å². The van der Waals surface area contributed by atoms with Crippen molar-refractivity contribution >= 4 is 17.7 Å². The number of nitrogens with zero attached hydrogens (tertiary/aromatic N) is 3. The Labute approximate surface area is 106 Å². The van der Waals surface area contributed by atoms with Gasteiger partial charge in [-0.05, 0) is 12.1 Å². The lowest BCUT2D eigenvalue weighted by Crippen LogP contribution is -2.16. The van der Waals surface area contributed by atoms with E-state index in [1.165, 1.54) is 16.8 Å². The maximum Gasteiger partial charge on any atom is 0.227 e. The van der Waals surface area contributed by atoms with Crippen LogP contribution in [0.15, 0.2) is 29.4 Å². The number of hydrogen-bond donors (Lipinski definition) is 2. The van der Waals surface area contributed by atoms with E-state index in [1.54, 1.807) is 12.1 Å². The summed E-state index contributed by atoms with van der Waals surface area (Å²) < 4.78 is 14.3. The number of benzene rings is 1. The van der Waals surface area contributed by atoms with E-state index in [0.717, 1.165) is 11.8 Å². The van der Waals surface area contributed by atoms with Gasteiger partial charge < -0.3 is 11.6 Å². The van der Waals surface area contributed by atoms with Crippen molar-refractivity contribution < 1.29 is 9.18 Å². The fourth-order valence-corrected chi connectivity index (χ4v) is 1.93. The van der Waals surface area contributed by atoms with E-state index in [2.05, 4.69) is 10.2 Å². The Morgan fingerprint density at radius 1 is 1.44 bits per heavy atom. The number of rotatable bonds is 4. The molecule has 0 unspecified atom stereocenters. The molecule has 1 aromatic heterocycles. The smallest absolute Gasteiger partial charge is 0.227 e. The number of nitrogens with two attached hydrogens (primary N) is 2. The summed E-state index contributed by atoms with van der Waals surface area (Å²) in [6.07, 6.45) is 0. The molecule has 4 N–H and O–H groups in total. The highest BCUT2D eigenvalue weighted by Gasteiger charge is 2.13. The molecule has 0 aliphatic heterocycles. The highest BCUT2D eigenvalue weighted by molar-refractivity contribution is 7.99. The molecular formula is C10H10FN5OS. The van der Waals surface area contributed by atoms with Crippen LogP contribution in [0.25, 0.3) is 11.4 Å². The number of amides is 1. The summed E-state index contributed by atoms with van der Waals surface area (Å²) in [6.45, 7) is 0. The monoisotopic (exact) mass is 267 g/mol. The largest absolute Gasteiger partial charge is 0.369 e. The summed E-state index contributed by atoms with van der Waals surface area (Å²) in [6, 6.07) is 5.84. The molecule has 2 aromatic rings. The van der Waals surface area contributed by atoms with Crippen molar-refractivity contribution in [2.75, 3.05) is 11.6 Å². The van der Waals surface area contributed by atoms with Crippen molar-refractivity contribution in [1.29, 1.82) is 0 Å². The van der Waals surface area contributed by atoms with Gasteiger partial charge in [-0.1, -0.05) is 23.9 Å². The Kier molecular flexibility index (Phi) is 3.47. The van der Waals surface area contributed by atoms with Gasteiger partial charge in [0, 0.05) is 5.56 Å². The van der Waals surface area contributed by atoms with Gasteiger partial charge in [0.1, 0.15) is 5.82 Å². The lowest BCUT2D eigenvalue weighted by Gasteiger charge is -2.02. The van der Waals surface area contributed by atoms with E-state index in [1.807, 2.05) is 0 Å². The highest BCUT2D eigenvalue weighted by atomic mass is 32.2. The molecule has 8 heteroatoms. The molecule has 0 spiro atoms. The number of primary amides is 1. The summed E-state index contributed by atoms with van der Waals surface area (Å²) in [4.78, 5) is 10.7. The zero-order valence-electron chi connectivity index (χ0n) is 9.21. The number of aromatic nitrogens is 3. The Bertz CT molecular complexity index is 585. The molecule has 0 saturated heterocycles. The molecule has 0 saturated carbocycles. The van der Waals surface area contributed by atoms with Gasteiger partial charge in [-0.2, -0.15) is 0 Å². The first-order chi connectivity index (χ1) is 8.58. The third-order valence-corrected chi connectivity index (χ3v) is 3.06. The Hall–Kier alpha value is -2.09. The van der Waals surface area contributed by atoms with E-state index in [-0.39, 0.29) is 11.6 Å². The van der Waals surface area contributed by atoms with Crippen LogP contribution in [-0.4, -0.2) is 26.5 Å². The molecule has 1 heterocycles. The van der Waals surface area contributed by atoms with Gasteiger partial charge in [-0.25, -0.2) is 9.07 Å². The second-order valence-electron chi connectivity index (χ2n) is 3.44. The highest BCUT2D eigenvalue weighted by Crippen LogP contribution is 2.21. The van der Waals surface area contributed by atoms with E-state index >= 15 is 0 Å². The molecular weight excluding hydrogens is 257 g/mol. The number of hydrogen-bond acceptors (Lipinski definition) is 5. The lowest BCUT2D eigenvalue weighted by molar-refractivity contribution is -0.115. The first-order valence-corrected chi connectivity index (χ1v) is 5.94.